The summed E-state index contributed by atoms with van der Waals surface area (Å²) >= 11 is 0. The summed E-state index contributed by atoms with van der Waals surface area (Å²) in [6.45, 7) is 4.79. The van der Waals surface area contributed by atoms with Crippen LogP contribution in [0.1, 0.15) is 39.1 Å². The summed E-state index contributed by atoms with van der Waals surface area (Å²) < 4.78 is 15.2. The highest BCUT2D eigenvalue weighted by atomic mass is 16.5. The van der Waals surface area contributed by atoms with Gasteiger partial charge in [-0.3, -0.25) is 4.79 Å². The van der Waals surface area contributed by atoms with E-state index in [1.165, 1.54) is 6.92 Å². The molecule has 2 rings (SSSR count). The number of rotatable bonds is 5. The molecule has 0 aliphatic heterocycles. The van der Waals surface area contributed by atoms with Gasteiger partial charge in [0.1, 0.15) is 17.1 Å². The van der Waals surface area contributed by atoms with Crippen LogP contribution in [0.3, 0.4) is 0 Å². The topological polar surface area (TPSA) is 78.6 Å². The third kappa shape index (κ3) is 3.16. The van der Waals surface area contributed by atoms with E-state index in [1.807, 2.05) is 0 Å². The molecule has 0 N–H and O–H groups in total. The minimum absolute atomic E-state index is 0.259. The molecule has 2 aromatic rings. The third-order valence-electron chi connectivity index (χ3n) is 3.27. The molecule has 1 aromatic heterocycles. The quantitative estimate of drug-likeness (QED) is 0.624. The monoisotopic (exact) mass is 303 g/mol. The Kier molecular flexibility index (Phi) is 4.60. The molecule has 1 aromatic carbocycles. The summed E-state index contributed by atoms with van der Waals surface area (Å²) in [5.41, 5.74) is 1.14. The molecule has 0 unspecified atom stereocenters. The SMILES string of the molecule is COc1ccc(C(=O)[C@@H](C)OC(=O)c2c(C)noc2C)cc1. The maximum Gasteiger partial charge on any atom is 0.344 e. The van der Waals surface area contributed by atoms with E-state index < -0.39 is 12.1 Å². The van der Waals surface area contributed by atoms with E-state index in [2.05, 4.69) is 5.16 Å². The van der Waals surface area contributed by atoms with Gasteiger partial charge in [0, 0.05) is 5.56 Å². The van der Waals surface area contributed by atoms with Crippen LogP contribution in [0.2, 0.25) is 0 Å². The van der Waals surface area contributed by atoms with Gasteiger partial charge in [0.15, 0.2) is 6.10 Å². The molecular weight excluding hydrogens is 286 g/mol. The number of nitrogens with zero attached hydrogens (tertiary/aromatic N) is 1. The zero-order chi connectivity index (χ0) is 16.3. The number of aryl methyl sites for hydroxylation is 2. The van der Waals surface area contributed by atoms with Crippen molar-refractivity contribution in [1.29, 1.82) is 0 Å². The Balaban J connectivity index is 2.09. The lowest BCUT2D eigenvalue weighted by molar-refractivity contribution is 0.0316. The molecule has 6 heteroatoms. The molecule has 0 aliphatic rings. The Morgan fingerprint density at radius 2 is 1.82 bits per heavy atom. The molecule has 0 bridgehead atoms. The average Bonchev–Trinajstić information content (AvgIpc) is 2.85. The number of ether oxygens (including phenoxy) is 2. The van der Waals surface area contributed by atoms with Crippen molar-refractivity contribution >= 4 is 11.8 Å². The predicted octanol–water partition coefficient (Wildman–Crippen LogP) is 2.73. The lowest BCUT2D eigenvalue weighted by Gasteiger charge is -2.12. The van der Waals surface area contributed by atoms with Gasteiger partial charge in [0.25, 0.3) is 0 Å². The number of esters is 1. The second-order valence-electron chi connectivity index (χ2n) is 4.84. The van der Waals surface area contributed by atoms with Gasteiger partial charge >= 0.3 is 5.97 Å². The van der Waals surface area contributed by atoms with Crippen LogP contribution in [0.4, 0.5) is 0 Å². The van der Waals surface area contributed by atoms with E-state index in [1.54, 1.807) is 45.2 Å². The van der Waals surface area contributed by atoms with Crippen LogP contribution in [0.15, 0.2) is 28.8 Å². The molecule has 0 aliphatic carbocycles. The first-order valence-electron chi connectivity index (χ1n) is 6.76. The van der Waals surface area contributed by atoms with Gasteiger partial charge in [-0.05, 0) is 45.0 Å². The highest BCUT2D eigenvalue weighted by molar-refractivity contribution is 6.01. The highest BCUT2D eigenvalue weighted by Crippen LogP contribution is 2.17. The summed E-state index contributed by atoms with van der Waals surface area (Å²) in [4.78, 5) is 24.4. The molecule has 116 valence electrons. The maximum absolute atomic E-state index is 12.3. The minimum atomic E-state index is -0.908. The zero-order valence-electron chi connectivity index (χ0n) is 12.9. The number of ketones is 1. The molecule has 1 atom stereocenters. The van der Waals surface area contributed by atoms with E-state index in [0.717, 1.165) is 0 Å². The number of carbonyl (C=O) groups is 2. The minimum Gasteiger partial charge on any atom is -0.497 e. The second kappa shape index (κ2) is 6.43. The maximum atomic E-state index is 12.3. The van der Waals surface area contributed by atoms with Crippen LogP contribution in [0.25, 0.3) is 0 Å². The van der Waals surface area contributed by atoms with Gasteiger partial charge in [-0.25, -0.2) is 4.79 Å². The lowest BCUT2D eigenvalue weighted by Crippen LogP contribution is -2.24. The zero-order valence-corrected chi connectivity index (χ0v) is 12.9. The van der Waals surface area contributed by atoms with Gasteiger partial charge in [-0.1, -0.05) is 5.16 Å². The van der Waals surface area contributed by atoms with Crippen LogP contribution >= 0.6 is 0 Å². The highest BCUT2D eigenvalue weighted by Gasteiger charge is 2.24. The largest absolute Gasteiger partial charge is 0.497 e. The summed E-state index contributed by atoms with van der Waals surface area (Å²) in [5, 5.41) is 3.69. The Hall–Kier alpha value is -2.63. The van der Waals surface area contributed by atoms with Gasteiger partial charge in [-0.15, -0.1) is 0 Å². The third-order valence-corrected chi connectivity index (χ3v) is 3.27. The predicted molar refractivity (Wildman–Crippen MR) is 78.2 cm³/mol. The summed E-state index contributed by atoms with van der Waals surface area (Å²) in [6.07, 6.45) is -0.908. The fourth-order valence-corrected chi connectivity index (χ4v) is 2.04. The molecule has 0 amide bonds. The van der Waals surface area contributed by atoms with Gasteiger partial charge in [0.05, 0.1) is 12.8 Å². The molecule has 0 saturated carbocycles. The molecule has 0 fully saturated rings. The average molecular weight is 303 g/mol. The van der Waals surface area contributed by atoms with Crippen LogP contribution in [-0.4, -0.2) is 30.1 Å². The number of Topliss-reactive ketones (excluding diaryl/α,β-unsaturated/α-hetero) is 1. The van der Waals surface area contributed by atoms with Crippen LogP contribution in [0, 0.1) is 13.8 Å². The van der Waals surface area contributed by atoms with Gasteiger partial charge < -0.3 is 14.0 Å². The van der Waals surface area contributed by atoms with E-state index >= 15 is 0 Å². The smallest absolute Gasteiger partial charge is 0.344 e. The first-order valence-corrected chi connectivity index (χ1v) is 6.76. The van der Waals surface area contributed by atoms with E-state index in [4.69, 9.17) is 14.0 Å². The van der Waals surface area contributed by atoms with Crippen molar-refractivity contribution in [2.24, 2.45) is 0 Å². The number of hydrogen-bond acceptors (Lipinski definition) is 6. The van der Waals surface area contributed by atoms with Crippen molar-refractivity contribution in [3.63, 3.8) is 0 Å². The lowest BCUT2D eigenvalue weighted by atomic mass is 10.1. The molecule has 22 heavy (non-hydrogen) atoms. The first kappa shape index (κ1) is 15.8. The molecular formula is C16H17NO5. The van der Waals surface area contributed by atoms with E-state index in [-0.39, 0.29) is 11.3 Å². The molecule has 0 radical (unpaired) electrons. The van der Waals surface area contributed by atoms with Crippen molar-refractivity contribution in [2.45, 2.75) is 26.9 Å². The summed E-state index contributed by atoms with van der Waals surface area (Å²) in [7, 11) is 1.55. The Bertz CT molecular complexity index is 668. The molecule has 1 heterocycles. The molecule has 0 spiro atoms. The number of methoxy groups -OCH3 is 1. The standard InChI is InChI=1S/C16H17NO5/c1-9-14(10(2)22-17-9)16(19)21-11(3)15(18)12-5-7-13(20-4)8-6-12/h5-8,11H,1-4H3/t11-/m1/s1. The van der Waals surface area contributed by atoms with Crippen LogP contribution in [-0.2, 0) is 4.74 Å². The van der Waals surface area contributed by atoms with Crippen molar-refractivity contribution in [3.8, 4) is 5.75 Å². The number of carbonyl (C=O) groups excluding carboxylic acids is 2. The number of hydrogen-bond donors (Lipinski definition) is 0. The van der Waals surface area contributed by atoms with Crippen LogP contribution < -0.4 is 4.74 Å². The van der Waals surface area contributed by atoms with Crippen molar-refractivity contribution in [2.75, 3.05) is 7.11 Å². The Morgan fingerprint density at radius 1 is 1.18 bits per heavy atom. The van der Waals surface area contributed by atoms with Crippen LogP contribution in [0.5, 0.6) is 5.75 Å². The summed E-state index contributed by atoms with van der Waals surface area (Å²) in [6, 6.07) is 6.61. The van der Waals surface area contributed by atoms with Crippen molar-refractivity contribution in [3.05, 3.63) is 46.8 Å². The Labute approximate surface area is 128 Å². The van der Waals surface area contributed by atoms with E-state index in [9.17, 15) is 9.59 Å². The summed E-state index contributed by atoms with van der Waals surface area (Å²) in [5.74, 6) is 0.108. The molecule has 0 saturated heterocycles. The van der Waals surface area contributed by atoms with E-state index in [0.29, 0.717) is 22.8 Å². The van der Waals surface area contributed by atoms with Gasteiger partial charge in [-0.2, -0.15) is 0 Å². The Morgan fingerprint density at radius 3 is 2.32 bits per heavy atom. The number of benzene rings is 1. The first-order chi connectivity index (χ1) is 10.4. The fraction of sp³-hybridized carbons (Fsp3) is 0.312. The molecule has 6 nitrogen and oxygen atoms in total. The number of aromatic nitrogens is 1. The van der Waals surface area contributed by atoms with Crippen molar-refractivity contribution < 1.29 is 23.6 Å². The normalized spacial score (nSPS) is 11.8. The second-order valence-corrected chi connectivity index (χ2v) is 4.84. The fourth-order valence-electron chi connectivity index (χ4n) is 2.04. The van der Waals surface area contributed by atoms with Gasteiger partial charge in [0.2, 0.25) is 5.78 Å². The van der Waals surface area contributed by atoms with Crippen molar-refractivity contribution in [1.82, 2.24) is 5.16 Å².